The molecule has 0 bridgehead atoms. The molecule has 0 saturated carbocycles. The molecule has 5 nitrogen and oxygen atoms in total. The van der Waals surface area contributed by atoms with Crippen molar-refractivity contribution in [1.29, 1.82) is 0 Å². The lowest BCUT2D eigenvalue weighted by Gasteiger charge is -2.22. The number of nitrogens with zero attached hydrogens (tertiary/aromatic N) is 4. The number of hydrogen-bond acceptors (Lipinski definition) is 5. The quantitative estimate of drug-likeness (QED) is 0.588. The summed E-state index contributed by atoms with van der Waals surface area (Å²) >= 11 is 4.93. The number of benzene rings is 2. The second kappa shape index (κ2) is 8.84. The minimum absolute atomic E-state index is 0.0800. The predicted octanol–water partition coefficient (Wildman–Crippen LogP) is 4.24. The molecule has 0 radical (unpaired) electrons. The predicted molar refractivity (Wildman–Crippen MR) is 116 cm³/mol. The normalized spacial score (nSPS) is 14.8. The molecule has 0 spiro atoms. The van der Waals surface area contributed by atoms with Gasteiger partial charge in [0.15, 0.2) is 0 Å². The van der Waals surface area contributed by atoms with Gasteiger partial charge in [0, 0.05) is 48.6 Å². The van der Waals surface area contributed by atoms with Gasteiger partial charge in [-0.15, -0.1) is 0 Å². The highest BCUT2D eigenvalue weighted by molar-refractivity contribution is 9.10. The van der Waals surface area contributed by atoms with E-state index in [0.29, 0.717) is 6.54 Å². The SMILES string of the molecule is O=C(c1ccccc1Br)N1CCCN(c2nc(Cc3ccccc3)ns2)CC1. The molecule has 144 valence electrons. The number of halogens is 1. The van der Waals surface area contributed by atoms with Gasteiger partial charge in [-0.05, 0) is 40.0 Å². The van der Waals surface area contributed by atoms with Crippen LogP contribution in [0.1, 0.15) is 28.2 Å². The maximum absolute atomic E-state index is 12.9. The first-order chi connectivity index (χ1) is 13.7. The number of rotatable bonds is 4. The van der Waals surface area contributed by atoms with Crippen LogP contribution in [0.25, 0.3) is 0 Å². The zero-order valence-electron chi connectivity index (χ0n) is 15.4. The van der Waals surface area contributed by atoms with Crippen LogP contribution in [-0.4, -0.2) is 46.3 Å². The average molecular weight is 457 g/mol. The summed E-state index contributed by atoms with van der Waals surface area (Å²) in [5, 5.41) is 0.945. The summed E-state index contributed by atoms with van der Waals surface area (Å²) in [6.07, 6.45) is 1.67. The third kappa shape index (κ3) is 4.42. The van der Waals surface area contributed by atoms with Crippen LogP contribution < -0.4 is 4.90 Å². The summed E-state index contributed by atoms with van der Waals surface area (Å²) in [5.74, 6) is 0.938. The molecule has 1 aromatic heterocycles. The molecule has 28 heavy (non-hydrogen) atoms. The molecule has 7 heteroatoms. The van der Waals surface area contributed by atoms with E-state index in [-0.39, 0.29) is 5.91 Å². The van der Waals surface area contributed by atoms with E-state index in [9.17, 15) is 4.79 Å². The smallest absolute Gasteiger partial charge is 0.255 e. The Hall–Kier alpha value is -2.25. The highest BCUT2D eigenvalue weighted by atomic mass is 79.9. The van der Waals surface area contributed by atoms with Crippen molar-refractivity contribution in [3.05, 3.63) is 76.0 Å². The minimum atomic E-state index is 0.0800. The topological polar surface area (TPSA) is 49.3 Å². The van der Waals surface area contributed by atoms with E-state index in [1.807, 2.05) is 47.4 Å². The summed E-state index contributed by atoms with van der Waals surface area (Å²) in [6.45, 7) is 3.11. The van der Waals surface area contributed by atoms with E-state index in [0.717, 1.165) is 53.5 Å². The number of carbonyl (C=O) groups excluding carboxylic acids is 1. The average Bonchev–Trinajstić information content (AvgIpc) is 3.03. The van der Waals surface area contributed by atoms with Gasteiger partial charge in [0.25, 0.3) is 5.91 Å². The van der Waals surface area contributed by atoms with Gasteiger partial charge < -0.3 is 9.80 Å². The summed E-state index contributed by atoms with van der Waals surface area (Å²) < 4.78 is 5.38. The second-order valence-electron chi connectivity index (χ2n) is 6.77. The van der Waals surface area contributed by atoms with Crippen LogP contribution >= 0.6 is 27.5 Å². The largest absolute Gasteiger partial charge is 0.345 e. The van der Waals surface area contributed by atoms with E-state index in [4.69, 9.17) is 4.98 Å². The summed E-state index contributed by atoms with van der Waals surface area (Å²) in [4.78, 5) is 21.8. The summed E-state index contributed by atoms with van der Waals surface area (Å²) in [5.41, 5.74) is 1.94. The number of amides is 1. The molecule has 1 aliphatic rings. The van der Waals surface area contributed by atoms with Crippen molar-refractivity contribution in [2.75, 3.05) is 31.1 Å². The van der Waals surface area contributed by atoms with E-state index in [1.165, 1.54) is 17.1 Å². The molecule has 0 atom stereocenters. The Kier molecular flexibility index (Phi) is 6.02. The van der Waals surface area contributed by atoms with Crippen molar-refractivity contribution in [3.8, 4) is 0 Å². The van der Waals surface area contributed by atoms with E-state index in [1.54, 1.807) is 0 Å². The van der Waals surface area contributed by atoms with Crippen molar-refractivity contribution in [3.63, 3.8) is 0 Å². The van der Waals surface area contributed by atoms with Crippen LogP contribution in [-0.2, 0) is 6.42 Å². The first-order valence-corrected chi connectivity index (χ1v) is 10.9. The van der Waals surface area contributed by atoms with Crippen LogP contribution in [0.15, 0.2) is 59.1 Å². The fraction of sp³-hybridized carbons (Fsp3) is 0.286. The van der Waals surface area contributed by atoms with Gasteiger partial charge in [0.2, 0.25) is 5.13 Å². The Labute approximate surface area is 177 Å². The Morgan fingerprint density at radius 2 is 1.79 bits per heavy atom. The third-order valence-corrected chi connectivity index (χ3v) is 6.33. The van der Waals surface area contributed by atoms with E-state index < -0.39 is 0 Å². The molecular weight excluding hydrogens is 436 g/mol. The first kappa shape index (κ1) is 19.1. The van der Waals surface area contributed by atoms with Gasteiger partial charge in [-0.25, -0.2) is 4.98 Å². The Balaban J connectivity index is 1.40. The minimum Gasteiger partial charge on any atom is -0.345 e. The molecule has 1 amide bonds. The molecule has 3 aromatic rings. The number of carbonyl (C=O) groups is 1. The molecule has 0 unspecified atom stereocenters. The molecule has 0 aliphatic carbocycles. The fourth-order valence-electron chi connectivity index (χ4n) is 3.34. The van der Waals surface area contributed by atoms with Gasteiger partial charge in [-0.1, -0.05) is 42.5 Å². The van der Waals surface area contributed by atoms with E-state index >= 15 is 0 Å². The lowest BCUT2D eigenvalue weighted by atomic mass is 10.1. The molecule has 1 aliphatic heterocycles. The molecule has 4 rings (SSSR count). The second-order valence-corrected chi connectivity index (χ2v) is 8.35. The van der Waals surface area contributed by atoms with Gasteiger partial charge in [0.05, 0.1) is 5.56 Å². The highest BCUT2D eigenvalue weighted by Crippen LogP contribution is 2.22. The van der Waals surface area contributed by atoms with Crippen LogP contribution in [0.2, 0.25) is 0 Å². The fourth-order valence-corrected chi connectivity index (χ4v) is 4.53. The third-order valence-electron chi connectivity index (χ3n) is 4.82. The van der Waals surface area contributed by atoms with Gasteiger partial charge in [0.1, 0.15) is 5.82 Å². The number of hydrogen-bond donors (Lipinski definition) is 0. The molecule has 1 fully saturated rings. The number of aromatic nitrogens is 2. The van der Waals surface area contributed by atoms with E-state index in [2.05, 4.69) is 37.3 Å². The molecule has 1 saturated heterocycles. The van der Waals surface area contributed by atoms with Crippen molar-refractivity contribution in [1.82, 2.24) is 14.3 Å². The summed E-state index contributed by atoms with van der Waals surface area (Å²) in [6, 6.07) is 17.9. The van der Waals surface area contributed by atoms with Gasteiger partial charge in [-0.2, -0.15) is 4.37 Å². The van der Waals surface area contributed by atoms with Gasteiger partial charge in [-0.3, -0.25) is 4.79 Å². The molecule has 2 aromatic carbocycles. The van der Waals surface area contributed by atoms with Crippen LogP contribution in [0.4, 0.5) is 5.13 Å². The zero-order valence-corrected chi connectivity index (χ0v) is 17.8. The highest BCUT2D eigenvalue weighted by Gasteiger charge is 2.23. The Bertz CT molecular complexity index is 946. The first-order valence-electron chi connectivity index (χ1n) is 9.36. The Morgan fingerprint density at radius 3 is 2.61 bits per heavy atom. The number of anilines is 1. The standard InChI is InChI=1S/C21H21BrN4OS/c22-18-10-5-4-9-17(18)20(27)25-11-6-12-26(14-13-25)21-23-19(24-28-21)15-16-7-2-1-3-8-16/h1-5,7-10H,6,11-15H2. The Morgan fingerprint density at radius 1 is 1.00 bits per heavy atom. The van der Waals surface area contributed by atoms with Crippen LogP contribution in [0, 0.1) is 0 Å². The maximum Gasteiger partial charge on any atom is 0.255 e. The van der Waals surface area contributed by atoms with Crippen molar-refractivity contribution in [2.24, 2.45) is 0 Å². The van der Waals surface area contributed by atoms with Crippen molar-refractivity contribution >= 4 is 38.5 Å². The van der Waals surface area contributed by atoms with Gasteiger partial charge >= 0.3 is 0 Å². The van der Waals surface area contributed by atoms with Crippen LogP contribution in [0.5, 0.6) is 0 Å². The zero-order chi connectivity index (χ0) is 19.3. The molecule has 0 N–H and O–H groups in total. The lowest BCUT2D eigenvalue weighted by molar-refractivity contribution is 0.0766. The monoisotopic (exact) mass is 456 g/mol. The van der Waals surface area contributed by atoms with Crippen molar-refractivity contribution in [2.45, 2.75) is 12.8 Å². The lowest BCUT2D eigenvalue weighted by Crippen LogP contribution is -2.35. The molecule has 2 heterocycles. The summed E-state index contributed by atoms with van der Waals surface area (Å²) in [7, 11) is 0. The van der Waals surface area contributed by atoms with Crippen LogP contribution in [0.3, 0.4) is 0 Å². The van der Waals surface area contributed by atoms with Crippen molar-refractivity contribution < 1.29 is 4.79 Å². The molecular formula is C21H21BrN4OS. The maximum atomic E-state index is 12.9.